The molecule has 0 radical (unpaired) electrons. The molecule has 1 aromatic carbocycles. The lowest BCUT2D eigenvalue weighted by atomic mass is 10.1. The quantitative estimate of drug-likeness (QED) is 0.488. The number of nitrogens with zero attached hydrogens (tertiary/aromatic N) is 3. The van der Waals surface area contributed by atoms with Crippen molar-refractivity contribution in [1.82, 2.24) is 25.6 Å². The van der Waals surface area contributed by atoms with E-state index in [-0.39, 0.29) is 12.2 Å². The van der Waals surface area contributed by atoms with Crippen molar-refractivity contribution in [2.45, 2.75) is 25.6 Å². The normalized spacial score (nSPS) is 19.2. The van der Waals surface area contributed by atoms with E-state index in [0.29, 0.717) is 5.69 Å². The first-order chi connectivity index (χ1) is 13.9. The molecule has 0 bridgehead atoms. The summed E-state index contributed by atoms with van der Waals surface area (Å²) >= 11 is 0. The second kappa shape index (κ2) is 7.82. The van der Waals surface area contributed by atoms with Crippen LogP contribution in [0.5, 0.6) is 0 Å². The molecule has 4 rings (SSSR count). The molecule has 3 heterocycles. The molecule has 1 fully saturated rings. The Kier molecular flexibility index (Phi) is 5.22. The molecular weight excluding hydrogens is 390 g/mol. The van der Waals surface area contributed by atoms with Gasteiger partial charge in [0.1, 0.15) is 0 Å². The minimum absolute atomic E-state index is 0.0261. The predicted octanol–water partition coefficient (Wildman–Crippen LogP) is 1.92. The van der Waals surface area contributed by atoms with Gasteiger partial charge in [0.2, 0.25) is 10.0 Å². The minimum Gasteiger partial charge on any atom is -0.368 e. The first kappa shape index (κ1) is 19.4. The minimum atomic E-state index is -3.29. The third kappa shape index (κ3) is 4.73. The van der Waals surface area contributed by atoms with Gasteiger partial charge in [0.05, 0.1) is 18.5 Å². The number of benzene rings is 1. The number of nitrogens with one attached hydrogen (secondary N) is 4. The molecule has 3 aromatic rings. The Morgan fingerprint density at radius 1 is 1.21 bits per heavy atom. The van der Waals surface area contributed by atoms with Crippen LogP contribution in [0.15, 0.2) is 55.0 Å². The van der Waals surface area contributed by atoms with Crippen molar-refractivity contribution in [3.05, 3.63) is 66.1 Å². The molecule has 29 heavy (non-hydrogen) atoms. The smallest absolute Gasteiger partial charge is 0.229 e. The molecule has 0 amide bonds. The van der Waals surface area contributed by atoms with Gasteiger partial charge in [0.15, 0.2) is 5.82 Å². The molecule has 4 N–H and O–H groups in total. The molecule has 2 aromatic heterocycles. The van der Waals surface area contributed by atoms with Crippen molar-refractivity contribution in [3.63, 3.8) is 0 Å². The maximum atomic E-state index is 11.4. The lowest BCUT2D eigenvalue weighted by Crippen LogP contribution is -2.36. The summed E-state index contributed by atoms with van der Waals surface area (Å²) in [6.07, 6.45) is 7.43. The number of hydrogen-bond acceptors (Lipinski definition) is 7. The lowest BCUT2D eigenvalue weighted by Gasteiger charge is -2.17. The predicted molar refractivity (Wildman–Crippen MR) is 112 cm³/mol. The number of aryl methyl sites for hydroxylation is 1. The summed E-state index contributed by atoms with van der Waals surface area (Å²) in [5, 5.41) is 7.63. The fourth-order valence-electron chi connectivity index (χ4n) is 3.30. The Balaban J connectivity index is 1.39. The van der Waals surface area contributed by atoms with Gasteiger partial charge in [-0.3, -0.25) is 4.72 Å². The van der Waals surface area contributed by atoms with Crippen LogP contribution in [0, 0.1) is 6.92 Å². The Labute approximate surface area is 169 Å². The van der Waals surface area contributed by atoms with Gasteiger partial charge < -0.3 is 5.32 Å². The lowest BCUT2D eigenvalue weighted by molar-refractivity contribution is 0.563. The summed E-state index contributed by atoms with van der Waals surface area (Å²) in [6.45, 7) is 1.94. The van der Waals surface area contributed by atoms with Crippen molar-refractivity contribution >= 4 is 21.4 Å². The third-order valence-electron chi connectivity index (χ3n) is 4.67. The Morgan fingerprint density at radius 2 is 2.07 bits per heavy atom. The molecule has 0 saturated carbocycles. The third-order valence-corrected chi connectivity index (χ3v) is 5.28. The summed E-state index contributed by atoms with van der Waals surface area (Å²) in [5.74, 6) is 0.776. The number of pyridine rings is 1. The van der Waals surface area contributed by atoms with E-state index in [4.69, 9.17) is 0 Å². The van der Waals surface area contributed by atoms with Crippen LogP contribution >= 0.6 is 0 Å². The van der Waals surface area contributed by atoms with E-state index in [1.165, 1.54) is 0 Å². The maximum Gasteiger partial charge on any atom is 0.229 e. The molecule has 2 atom stereocenters. The molecule has 9 nitrogen and oxygen atoms in total. The summed E-state index contributed by atoms with van der Waals surface area (Å²) in [5.41, 5.74) is 10.1. The monoisotopic (exact) mass is 413 g/mol. The van der Waals surface area contributed by atoms with E-state index >= 15 is 0 Å². The number of hydrazine groups is 1. The Morgan fingerprint density at radius 3 is 2.72 bits per heavy atom. The topological polar surface area (TPSA) is 113 Å². The average molecular weight is 414 g/mol. The zero-order valence-corrected chi connectivity index (χ0v) is 16.9. The van der Waals surface area contributed by atoms with Crippen LogP contribution in [-0.2, 0) is 10.0 Å². The number of rotatable bonds is 6. The van der Waals surface area contributed by atoms with Gasteiger partial charge in [-0.15, -0.1) is 0 Å². The number of aromatic nitrogens is 3. The fourth-order valence-corrected chi connectivity index (χ4v) is 3.86. The van der Waals surface area contributed by atoms with Crippen LogP contribution in [-0.4, -0.2) is 35.6 Å². The number of hydrogen-bond donors (Lipinski definition) is 4. The van der Waals surface area contributed by atoms with E-state index in [9.17, 15) is 8.42 Å². The average Bonchev–Trinajstić information content (AvgIpc) is 3.35. The molecule has 10 heteroatoms. The summed E-state index contributed by atoms with van der Waals surface area (Å²) in [7, 11) is -3.29. The Bertz CT molecular complexity index is 1080. The van der Waals surface area contributed by atoms with Crippen molar-refractivity contribution < 1.29 is 8.42 Å². The standard InChI is InChI=1S/C19H23N7O2S/c1-13-10-15(25-29(2,27)28)5-6-16(13)22-18-11-17(23-24-18)14-4-7-19(20-12-14)26-9-3-8-21-26/h3-10,12,17-18,22-25H,11H2,1-2H3. The first-order valence-electron chi connectivity index (χ1n) is 9.19. The van der Waals surface area contributed by atoms with E-state index in [1.807, 2.05) is 43.6 Å². The van der Waals surface area contributed by atoms with Crippen LogP contribution in [0.1, 0.15) is 23.6 Å². The summed E-state index contributed by atoms with van der Waals surface area (Å²) < 4.78 is 27.0. The number of anilines is 2. The van der Waals surface area contributed by atoms with Gasteiger partial charge in [-0.2, -0.15) is 5.10 Å². The largest absolute Gasteiger partial charge is 0.368 e. The summed E-state index contributed by atoms with van der Waals surface area (Å²) in [6, 6.07) is 11.4. The fraction of sp³-hybridized carbons (Fsp3) is 0.263. The zero-order chi connectivity index (χ0) is 20.4. The van der Waals surface area contributed by atoms with E-state index in [2.05, 4.69) is 31.0 Å². The summed E-state index contributed by atoms with van der Waals surface area (Å²) in [4.78, 5) is 4.48. The highest BCUT2D eigenvalue weighted by atomic mass is 32.2. The van der Waals surface area contributed by atoms with Crippen LogP contribution in [0.3, 0.4) is 0 Å². The highest BCUT2D eigenvalue weighted by Crippen LogP contribution is 2.26. The second-order valence-corrected chi connectivity index (χ2v) is 8.83. The van der Waals surface area contributed by atoms with Crippen LogP contribution < -0.4 is 20.9 Å². The van der Waals surface area contributed by atoms with Gasteiger partial charge in [-0.25, -0.2) is 28.9 Å². The van der Waals surface area contributed by atoms with Crippen LogP contribution in [0.2, 0.25) is 0 Å². The molecular formula is C19H23N7O2S. The van der Waals surface area contributed by atoms with E-state index in [1.54, 1.807) is 23.0 Å². The zero-order valence-electron chi connectivity index (χ0n) is 16.1. The number of sulfonamides is 1. The molecule has 2 unspecified atom stereocenters. The van der Waals surface area contributed by atoms with Gasteiger partial charge in [-0.05, 0) is 48.4 Å². The van der Waals surface area contributed by atoms with Crippen molar-refractivity contribution in [2.75, 3.05) is 16.3 Å². The van der Waals surface area contributed by atoms with Gasteiger partial charge in [0, 0.05) is 36.4 Å². The first-order valence-corrected chi connectivity index (χ1v) is 11.1. The SMILES string of the molecule is Cc1cc(NS(C)(=O)=O)ccc1NC1CC(c2ccc(-n3cccn3)nc2)NN1. The molecule has 0 spiro atoms. The molecule has 1 aliphatic rings. The van der Waals surface area contributed by atoms with Gasteiger partial charge >= 0.3 is 0 Å². The van der Waals surface area contributed by atoms with Crippen molar-refractivity contribution in [2.24, 2.45) is 0 Å². The second-order valence-electron chi connectivity index (χ2n) is 7.08. The van der Waals surface area contributed by atoms with Crippen molar-refractivity contribution in [1.29, 1.82) is 0 Å². The van der Waals surface area contributed by atoms with Crippen molar-refractivity contribution in [3.8, 4) is 5.82 Å². The molecule has 1 saturated heterocycles. The van der Waals surface area contributed by atoms with Gasteiger partial charge in [0.25, 0.3) is 0 Å². The highest BCUT2D eigenvalue weighted by Gasteiger charge is 2.25. The maximum absolute atomic E-state index is 11.4. The van der Waals surface area contributed by atoms with Crippen LogP contribution in [0.25, 0.3) is 5.82 Å². The van der Waals surface area contributed by atoms with Crippen LogP contribution in [0.4, 0.5) is 11.4 Å². The highest BCUT2D eigenvalue weighted by molar-refractivity contribution is 7.92. The van der Waals surface area contributed by atoms with E-state index < -0.39 is 10.0 Å². The molecule has 0 aliphatic carbocycles. The molecule has 152 valence electrons. The molecule has 1 aliphatic heterocycles. The van der Waals surface area contributed by atoms with Gasteiger partial charge in [-0.1, -0.05) is 6.07 Å². The Hall–Kier alpha value is -2.95. The van der Waals surface area contributed by atoms with E-state index in [0.717, 1.165) is 35.3 Å².